The van der Waals surface area contributed by atoms with E-state index >= 15 is 0 Å². The molecule has 1 aromatic heterocycles. The third-order valence-electron chi connectivity index (χ3n) is 6.35. The van der Waals surface area contributed by atoms with Crippen molar-refractivity contribution < 1.29 is 19.0 Å². The first-order chi connectivity index (χ1) is 15.5. The number of carbonyl (C=O) groups excluding carboxylic acids is 1. The minimum Gasteiger partial charge on any atom is -0.507 e. The number of rotatable bonds is 2. The number of hydrogen-bond donors (Lipinski definition) is 2. The van der Waals surface area contributed by atoms with Crippen LogP contribution in [0.5, 0.6) is 11.5 Å². The molecule has 5 rings (SSSR count). The zero-order chi connectivity index (χ0) is 22.4. The molecule has 2 fully saturated rings. The number of hydrogen-bond acceptors (Lipinski definition) is 7. The quantitative estimate of drug-likeness (QED) is 0.706. The highest BCUT2D eigenvalue weighted by molar-refractivity contribution is 6.35. The van der Waals surface area contributed by atoms with Gasteiger partial charge in [-0.1, -0.05) is 17.7 Å². The van der Waals surface area contributed by atoms with Crippen LogP contribution in [-0.2, 0) is 0 Å². The van der Waals surface area contributed by atoms with Crippen molar-refractivity contribution >= 4 is 23.3 Å². The van der Waals surface area contributed by atoms with Crippen molar-refractivity contribution in [1.82, 2.24) is 20.1 Å². The number of likely N-dealkylation sites (N-methyl/N-ethyl adjacent to an activating group) is 1. The van der Waals surface area contributed by atoms with Crippen molar-refractivity contribution in [2.75, 3.05) is 64.4 Å². The number of piperazine rings is 2. The molecule has 0 aliphatic carbocycles. The van der Waals surface area contributed by atoms with Crippen molar-refractivity contribution in [3.05, 3.63) is 34.6 Å². The number of nitrogens with zero attached hydrogens (tertiary/aromatic N) is 4. The summed E-state index contributed by atoms with van der Waals surface area (Å²) in [5.41, 5.74) is 0.277. The Morgan fingerprint density at radius 1 is 1.22 bits per heavy atom. The minimum absolute atomic E-state index is 0.0273. The molecule has 1 unspecified atom stereocenters. The van der Waals surface area contributed by atoms with E-state index in [9.17, 15) is 14.3 Å². The average Bonchev–Trinajstić information content (AvgIpc) is 2.93. The normalized spacial score (nSPS) is 21.6. The van der Waals surface area contributed by atoms with Crippen LogP contribution in [0.15, 0.2) is 18.2 Å². The van der Waals surface area contributed by atoms with Crippen LogP contribution in [0.25, 0.3) is 11.3 Å². The Bertz CT molecular complexity index is 1040. The van der Waals surface area contributed by atoms with Gasteiger partial charge in [-0.2, -0.15) is 0 Å². The van der Waals surface area contributed by atoms with Gasteiger partial charge in [0.15, 0.2) is 5.75 Å². The molecule has 2 N–H and O–H groups in total. The van der Waals surface area contributed by atoms with E-state index in [0.29, 0.717) is 44.1 Å². The molecule has 2 saturated heterocycles. The summed E-state index contributed by atoms with van der Waals surface area (Å²) in [4.78, 5) is 24.4. The number of halogens is 2. The van der Waals surface area contributed by atoms with Gasteiger partial charge in [0, 0.05) is 45.8 Å². The number of pyridine rings is 1. The molecule has 4 heterocycles. The van der Waals surface area contributed by atoms with E-state index < -0.39 is 5.82 Å². The topological polar surface area (TPSA) is 81.2 Å². The molecule has 0 bridgehead atoms. The molecule has 0 saturated carbocycles. The molecule has 3 aliphatic heterocycles. The largest absolute Gasteiger partial charge is 0.507 e. The highest BCUT2D eigenvalue weighted by Crippen LogP contribution is 2.45. The summed E-state index contributed by atoms with van der Waals surface area (Å²) >= 11 is 6.70. The lowest BCUT2D eigenvalue weighted by Gasteiger charge is -2.36. The first kappa shape index (κ1) is 21.2. The fraction of sp³-hybridized carbons (Fsp3) is 0.455. The minimum atomic E-state index is -0.648. The van der Waals surface area contributed by atoms with Crippen molar-refractivity contribution in [3.8, 4) is 22.8 Å². The molecule has 170 valence electrons. The summed E-state index contributed by atoms with van der Waals surface area (Å²) in [6.07, 6.45) is 0. The first-order valence-electron chi connectivity index (χ1n) is 10.7. The van der Waals surface area contributed by atoms with Crippen molar-refractivity contribution in [2.24, 2.45) is 0 Å². The molecule has 10 heteroatoms. The second-order valence-electron chi connectivity index (χ2n) is 8.39. The van der Waals surface area contributed by atoms with Gasteiger partial charge in [-0.25, -0.2) is 9.37 Å². The Morgan fingerprint density at radius 3 is 2.75 bits per heavy atom. The second-order valence-corrected chi connectivity index (χ2v) is 8.77. The average molecular weight is 462 g/mol. The van der Waals surface area contributed by atoms with Crippen LogP contribution in [0.1, 0.15) is 10.4 Å². The smallest absolute Gasteiger partial charge is 0.261 e. The van der Waals surface area contributed by atoms with Gasteiger partial charge in [-0.3, -0.25) is 4.79 Å². The number of benzene rings is 1. The molecule has 3 aliphatic rings. The first-order valence-corrected chi connectivity index (χ1v) is 11.1. The van der Waals surface area contributed by atoms with Gasteiger partial charge in [0.1, 0.15) is 40.3 Å². The SMILES string of the molecule is CN1CCN(c2nc(-c3c(O)cccc3F)c(Cl)c3c2C(=O)N2CCNCC2CO3)CC1. The van der Waals surface area contributed by atoms with Gasteiger partial charge >= 0.3 is 0 Å². The fourth-order valence-electron chi connectivity index (χ4n) is 4.52. The Kier molecular flexibility index (Phi) is 5.56. The number of phenols is 1. The van der Waals surface area contributed by atoms with E-state index in [4.69, 9.17) is 16.3 Å². The zero-order valence-electron chi connectivity index (χ0n) is 17.8. The maximum Gasteiger partial charge on any atom is 0.261 e. The summed E-state index contributed by atoms with van der Waals surface area (Å²) in [6, 6.07) is 3.91. The number of fused-ring (bicyclic) bond motifs is 2. The van der Waals surface area contributed by atoms with E-state index in [1.807, 2.05) is 11.9 Å². The molecule has 1 amide bonds. The Morgan fingerprint density at radius 2 is 2.00 bits per heavy atom. The third kappa shape index (κ3) is 3.54. The summed E-state index contributed by atoms with van der Waals surface area (Å²) in [5.74, 6) is -0.487. The molecular weight excluding hydrogens is 437 g/mol. The highest BCUT2D eigenvalue weighted by atomic mass is 35.5. The lowest BCUT2D eigenvalue weighted by atomic mass is 10.1. The van der Waals surface area contributed by atoms with Crippen LogP contribution in [0.4, 0.5) is 10.2 Å². The number of aromatic hydroxyl groups is 1. The van der Waals surface area contributed by atoms with Gasteiger partial charge in [-0.05, 0) is 19.2 Å². The number of ether oxygens (including phenoxy) is 1. The van der Waals surface area contributed by atoms with Gasteiger partial charge in [0.05, 0.1) is 11.6 Å². The monoisotopic (exact) mass is 461 g/mol. The molecule has 0 spiro atoms. The third-order valence-corrected chi connectivity index (χ3v) is 6.70. The van der Waals surface area contributed by atoms with E-state index in [1.165, 1.54) is 18.2 Å². The summed E-state index contributed by atoms with van der Waals surface area (Å²) in [7, 11) is 2.04. The highest BCUT2D eigenvalue weighted by Gasteiger charge is 2.39. The van der Waals surface area contributed by atoms with Crippen molar-refractivity contribution in [1.29, 1.82) is 0 Å². The van der Waals surface area contributed by atoms with Gasteiger partial charge in [-0.15, -0.1) is 0 Å². The van der Waals surface area contributed by atoms with Crippen molar-refractivity contribution in [3.63, 3.8) is 0 Å². The molecule has 2 aromatic rings. The van der Waals surface area contributed by atoms with E-state index in [0.717, 1.165) is 13.1 Å². The second kappa shape index (κ2) is 8.38. The number of amides is 1. The maximum absolute atomic E-state index is 14.8. The number of phenolic OH excluding ortho intramolecular Hbond substituents is 1. The Labute approximate surface area is 190 Å². The predicted molar refractivity (Wildman–Crippen MR) is 119 cm³/mol. The van der Waals surface area contributed by atoms with E-state index in [1.54, 1.807) is 4.90 Å². The lowest BCUT2D eigenvalue weighted by Crippen LogP contribution is -2.55. The van der Waals surface area contributed by atoms with Crippen molar-refractivity contribution in [2.45, 2.75) is 6.04 Å². The molecule has 1 aromatic carbocycles. The summed E-state index contributed by atoms with van der Waals surface area (Å²) in [5, 5.41) is 13.7. The predicted octanol–water partition coefficient (Wildman–Crippen LogP) is 1.80. The Hall–Kier alpha value is -2.62. The Balaban J connectivity index is 1.72. The fourth-order valence-corrected chi connectivity index (χ4v) is 4.80. The number of aromatic nitrogens is 1. The van der Waals surface area contributed by atoms with Gasteiger partial charge in [0.25, 0.3) is 5.91 Å². The zero-order valence-corrected chi connectivity index (χ0v) is 18.5. The van der Waals surface area contributed by atoms with Crippen LogP contribution >= 0.6 is 11.6 Å². The lowest BCUT2D eigenvalue weighted by molar-refractivity contribution is 0.0606. The van der Waals surface area contributed by atoms with Crippen LogP contribution < -0.4 is 15.0 Å². The van der Waals surface area contributed by atoms with Crippen LogP contribution in [0.3, 0.4) is 0 Å². The molecule has 32 heavy (non-hydrogen) atoms. The molecule has 0 radical (unpaired) electrons. The van der Waals surface area contributed by atoms with E-state index in [-0.39, 0.29) is 46.3 Å². The van der Waals surface area contributed by atoms with E-state index in [2.05, 4.69) is 15.2 Å². The molecule has 1 atom stereocenters. The van der Waals surface area contributed by atoms with Crippen LogP contribution in [0.2, 0.25) is 5.02 Å². The van der Waals surface area contributed by atoms with Crippen LogP contribution in [0, 0.1) is 5.82 Å². The number of anilines is 1. The number of carbonyl (C=O) groups is 1. The summed E-state index contributed by atoms with van der Waals surface area (Å²) < 4.78 is 20.9. The molecular formula is C22H25ClFN5O3. The number of nitrogens with one attached hydrogen (secondary N) is 1. The van der Waals surface area contributed by atoms with Gasteiger partial charge in [0.2, 0.25) is 0 Å². The molecule has 8 nitrogen and oxygen atoms in total. The summed E-state index contributed by atoms with van der Waals surface area (Å²) in [6.45, 7) is 5.04. The maximum atomic E-state index is 14.8. The van der Waals surface area contributed by atoms with Gasteiger partial charge < -0.3 is 29.9 Å². The standard InChI is InChI=1S/C22H25ClFN5O3/c1-27-7-9-28(10-8-27)21-17-20(32-12-13-11-25-5-6-29(13)22(17)31)18(23)19(26-21)16-14(24)3-2-4-15(16)30/h2-4,13,25,30H,5-12H2,1H3. The van der Waals surface area contributed by atoms with Crippen LogP contribution in [-0.4, -0.2) is 91.3 Å².